The molecule has 5 heteroatoms. The number of nitro groups is 1. The molecule has 0 amide bonds. The SMILES string of the molecule is CSc1ccc(C(Cl)Cc2ccc([N+](=O)[O-])cc2)cc1. The Labute approximate surface area is 127 Å². The van der Waals surface area contributed by atoms with Crippen LogP contribution >= 0.6 is 23.4 Å². The molecule has 0 aliphatic rings. The van der Waals surface area contributed by atoms with Crippen molar-refractivity contribution >= 4 is 29.1 Å². The lowest BCUT2D eigenvalue weighted by atomic mass is 10.0. The molecule has 0 N–H and O–H groups in total. The summed E-state index contributed by atoms with van der Waals surface area (Å²) < 4.78 is 0. The van der Waals surface area contributed by atoms with Crippen LogP contribution in [0.15, 0.2) is 53.4 Å². The van der Waals surface area contributed by atoms with Crippen LogP contribution in [-0.2, 0) is 6.42 Å². The maximum atomic E-state index is 10.6. The van der Waals surface area contributed by atoms with Crippen LogP contribution < -0.4 is 0 Å². The first-order valence-corrected chi connectivity index (χ1v) is 7.77. The number of thioether (sulfide) groups is 1. The van der Waals surface area contributed by atoms with Crippen molar-refractivity contribution in [3.8, 4) is 0 Å². The molecule has 0 radical (unpaired) electrons. The minimum atomic E-state index is -0.400. The van der Waals surface area contributed by atoms with E-state index in [4.69, 9.17) is 11.6 Å². The van der Waals surface area contributed by atoms with Gasteiger partial charge in [0.05, 0.1) is 10.3 Å². The Bertz CT molecular complexity index is 584. The van der Waals surface area contributed by atoms with Gasteiger partial charge >= 0.3 is 0 Å². The summed E-state index contributed by atoms with van der Waals surface area (Å²) in [4.78, 5) is 11.4. The number of hydrogen-bond acceptors (Lipinski definition) is 3. The molecule has 2 aromatic rings. The smallest absolute Gasteiger partial charge is 0.258 e. The van der Waals surface area contributed by atoms with E-state index in [2.05, 4.69) is 0 Å². The summed E-state index contributed by atoms with van der Waals surface area (Å²) >= 11 is 8.09. The number of non-ortho nitro benzene ring substituents is 1. The molecule has 2 aromatic carbocycles. The van der Waals surface area contributed by atoms with Gasteiger partial charge in [-0.15, -0.1) is 23.4 Å². The number of alkyl halides is 1. The topological polar surface area (TPSA) is 43.1 Å². The third-order valence-corrected chi connectivity index (χ3v) is 4.19. The van der Waals surface area contributed by atoms with Gasteiger partial charge < -0.3 is 0 Å². The molecule has 104 valence electrons. The summed E-state index contributed by atoms with van der Waals surface area (Å²) in [6.45, 7) is 0. The van der Waals surface area contributed by atoms with E-state index in [1.54, 1.807) is 23.9 Å². The fourth-order valence-electron chi connectivity index (χ4n) is 1.89. The molecule has 0 aromatic heterocycles. The van der Waals surface area contributed by atoms with Gasteiger partial charge in [0.1, 0.15) is 0 Å². The number of benzene rings is 2. The average molecular weight is 308 g/mol. The predicted molar refractivity (Wildman–Crippen MR) is 83.6 cm³/mol. The fraction of sp³-hybridized carbons (Fsp3) is 0.200. The van der Waals surface area contributed by atoms with Gasteiger partial charge in [-0.2, -0.15) is 0 Å². The van der Waals surface area contributed by atoms with Crippen molar-refractivity contribution in [1.29, 1.82) is 0 Å². The molecule has 1 atom stereocenters. The second-order valence-electron chi connectivity index (χ2n) is 4.37. The zero-order chi connectivity index (χ0) is 14.5. The summed E-state index contributed by atoms with van der Waals surface area (Å²) in [7, 11) is 0. The lowest BCUT2D eigenvalue weighted by Gasteiger charge is -2.10. The lowest BCUT2D eigenvalue weighted by molar-refractivity contribution is -0.384. The maximum Gasteiger partial charge on any atom is 0.269 e. The number of rotatable bonds is 5. The van der Waals surface area contributed by atoms with Crippen LogP contribution in [0, 0.1) is 10.1 Å². The van der Waals surface area contributed by atoms with E-state index < -0.39 is 4.92 Å². The van der Waals surface area contributed by atoms with Crippen molar-refractivity contribution in [1.82, 2.24) is 0 Å². The van der Waals surface area contributed by atoms with E-state index in [0.29, 0.717) is 6.42 Å². The third-order valence-electron chi connectivity index (χ3n) is 3.04. The van der Waals surface area contributed by atoms with Gasteiger partial charge in [-0.1, -0.05) is 24.3 Å². The molecule has 0 bridgehead atoms. The highest BCUT2D eigenvalue weighted by Crippen LogP contribution is 2.27. The quantitative estimate of drug-likeness (QED) is 0.343. The maximum absolute atomic E-state index is 10.6. The summed E-state index contributed by atoms with van der Waals surface area (Å²) in [6, 6.07) is 14.7. The van der Waals surface area contributed by atoms with E-state index in [9.17, 15) is 10.1 Å². The van der Waals surface area contributed by atoms with Gasteiger partial charge in [0, 0.05) is 17.0 Å². The first-order chi connectivity index (χ1) is 9.60. The van der Waals surface area contributed by atoms with Crippen LogP contribution in [0.2, 0.25) is 0 Å². The molecule has 0 saturated carbocycles. The molecule has 1 unspecified atom stereocenters. The molecule has 0 aliphatic heterocycles. The van der Waals surface area contributed by atoms with Crippen molar-refractivity contribution in [3.63, 3.8) is 0 Å². The molecule has 3 nitrogen and oxygen atoms in total. The second kappa shape index (κ2) is 6.77. The Hall–Kier alpha value is -1.52. The molecular formula is C15H14ClNO2S. The van der Waals surface area contributed by atoms with Gasteiger partial charge in [0.15, 0.2) is 0 Å². The van der Waals surface area contributed by atoms with Crippen LogP contribution in [0.5, 0.6) is 0 Å². The van der Waals surface area contributed by atoms with Crippen LogP contribution in [0.25, 0.3) is 0 Å². The van der Waals surface area contributed by atoms with Crippen molar-refractivity contribution in [3.05, 3.63) is 69.8 Å². The van der Waals surface area contributed by atoms with Crippen LogP contribution in [0.4, 0.5) is 5.69 Å². The van der Waals surface area contributed by atoms with Crippen molar-refractivity contribution in [2.45, 2.75) is 16.7 Å². The van der Waals surface area contributed by atoms with E-state index in [1.807, 2.05) is 30.5 Å². The fourth-order valence-corrected chi connectivity index (χ4v) is 2.62. The largest absolute Gasteiger partial charge is 0.269 e. The molecule has 0 saturated heterocycles. The minimum absolute atomic E-state index is 0.101. The number of nitro benzene ring substituents is 1. The van der Waals surface area contributed by atoms with Gasteiger partial charge in [-0.3, -0.25) is 10.1 Å². The summed E-state index contributed by atoms with van der Waals surface area (Å²) in [5.41, 5.74) is 2.15. The average Bonchev–Trinajstić information content (AvgIpc) is 2.48. The Balaban J connectivity index is 2.06. The highest BCUT2D eigenvalue weighted by atomic mass is 35.5. The van der Waals surface area contributed by atoms with E-state index in [0.717, 1.165) is 11.1 Å². The highest BCUT2D eigenvalue weighted by molar-refractivity contribution is 7.98. The number of halogens is 1. The monoisotopic (exact) mass is 307 g/mol. The van der Waals surface area contributed by atoms with E-state index in [-0.39, 0.29) is 11.1 Å². The first-order valence-electron chi connectivity index (χ1n) is 6.11. The van der Waals surface area contributed by atoms with Gasteiger partial charge in [0.25, 0.3) is 5.69 Å². The summed E-state index contributed by atoms with van der Waals surface area (Å²) in [5.74, 6) is 0. The van der Waals surface area contributed by atoms with Crippen molar-refractivity contribution in [2.24, 2.45) is 0 Å². The Kier molecular flexibility index (Phi) is 5.04. The number of hydrogen-bond donors (Lipinski definition) is 0. The molecule has 0 fully saturated rings. The van der Waals surface area contributed by atoms with Crippen molar-refractivity contribution in [2.75, 3.05) is 6.26 Å². The van der Waals surface area contributed by atoms with Crippen LogP contribution in [-0.4, -0.2) is 11.2 Å². The van der Waals surface area contributed by atoms with Gasteiger partial charge in [-0.25, -0.2) is 0 Å². The molecular weight excluding hydrogens is 294 g/mol. The third kappa shape index (κ3) is 3.74. The standard InChI is InChI=1S/C15H14ClNO2S/c1-20-14-8-4-12(5-9-14)15(16)10-11-2-6-13(7-3-11)17(18)19/h2-9,15H,10H2,1H3. The van der Waals surface area contributed by atoms with Gasteiger partial charge in [-0.05, 0) is 35.9 Å². The molecule has 0 spiro atoms. The van der Waals surface area contributed by atoms with Crippen molar-refractivity contribution < 1.29 is 4.92 Å². The Morgan fingerprint density at radius 2 is 1.75 bits per heavy atom. The predicted octanol–water partition coefficient (Wildman–Crippen LogP) is 4.84. The molecule has 20 heavy (non-hydrogen) atoms. The highest BCUT2D eigenvalue weighted by Gasteiger charge is 2.10. The summed E-state index contributed by atoms with van der Waals surface area (Å²) in [6.07, 6.45) is 2.68. The Morgan fingerprint density at radius 3 is 2.25 bits per heavy atom. The number of nitrogens with zero attached hydrogens (tertiary/aromatic N) is 1. The zero-order valence-corrected chi connectivity index (χ0v) is 12.5. The van der Waals surface area contributed by atoms with Crippen LogP contribution in [0.1, 0.15) is 16.5 Å². The van der Waals surface area contributed by atoms with E-state index >= 15 is 0 Å². The summed E-state index contributed by atoms with van der Waals surface area (Å²) in [5, 5.41) is 10.5. The van der Waals surface area contributed by atoms with E-state index in [1.165, 1.54) is 17.0 Å². The molecule has 2 rings (SSSR count). The Morgan fingerprint density at radius 1 is 1.15 bits per heavy atom. The zero-order valence-electron chi connectivity index (χ0n) is 11.0. The van der Waals surface area contributed by atoms with Crippen LogP contribution in [0.3, 0.4) is 0 Å². The molecule has 0 heterocycles. The molecule has 0 aliphatic carbocycles. The van der Waals surface area contributed by atoms with Gasteiger partial charge in [0.2, 0.25) is 0 Å². The minimum Gasteiger partial charge on any atom is -0.258 e. The second-order valence-corrected chi connectivity index (χ2v) is 5.77. The lowest BCUT2D eigenvalue weighted by Crippen LogP contribution is -1.96. The first kappa shape index (κ1) is 14.9. The normalized spacial score (nSPS) is 12.1.